The first-order chi connectivity index (χ1) is 29.2. The molecule has 6 atom stereocenters. The Balaban J connectivity index is 0.985. The van der Waals surface area contributed by atoms with E-state index in [4.69, 9.17) is 9.47 Å². The van der Waals surface area contributed by atoms with Crippen LogP contribution in [0.3, 0.4) is 0 Å². The summed E-state index contributed by atoms with van der Waals surface area (Å²) in [6.45, 7) is 11.3. The second kappa shape index (κ2) is 18.0. The molecule has 1 aliphatic carbocycles. The lowest BCUT2D eigenvalue weighted by atomic mass is 9.65. The largest absolute Gasteiger partial charge is 0.392 e. The Labute approximate surface area is 361 Å². The van der Waals surface area contributed by atoms with Crippen molar-refractivity contribution < 1.29 is 27.8 Å². The monoisotopic (exact) mass is 841 g/mol. The zero-order valence-electron chi connectivity index (χ0n) is 35.7. The lowest BCUT2D eigenvalue weighted by molar-refractivity contribution is -0.253. The van der Waals surface area contributed by atoms with Gasteiger partial charge in [-0.05, 0) is 89.0 Å². The van der Waals surface area contributed by atoms with Crippen molar-refractivity contribution in [1.29, 1.82) is 0 Å². The maximum Gasteiger partial charge on any atom is 0.241 e. The van der Waals surface area contributed by atoms with Crippen LogP contribution in [0.2, 0.25) is 0 Å². The lowest BCUT2D eigenvalue weighted by Gasteiger charge is -2.41. The third-order valence-corrected chi connectivity index (χ3v) is 14.3. The molecule has 6 unspecified atom stereocenters. The fourth-order valence-corrected chi connectivity index (χ4v) is 11.4. The van der Waals surface area contributed by atoms with Crippen LogP contribution in [0.4, 0.5) is 0 Å². The minimum absolute atomic E-state index is 0.00166. The molecular formula is C51H59N3O6S. The van der Waals surface area contributed by atoms with Crippen molar-refractivity contribution in [3.63, 3.8) is 0 Å². The van der Waals surface area contributed by atoms with Gasteiger partial charge in [-0.15, -0.1) is 0 Å². The number of amides is 1. The number of likely N-dealkylation sites (tertiary alicyclic amines) is 1. The number of aliphatic hydroxyl groups excluding tert-OH is 1. The van der Waals surface area contributed by atoms with Gasteiger partial charge in [0.1, 0.15) is 6.04 Å². The second-order valence-corrected chi connectivity index (χ2v) is 20.4. The second-order valence-electron chi connectivity index (χ2n) is 18.7. The highest BCUT2D eigenvalue weighted by Gasteiger charge is 2.50. The molecule has 1 amide bonds. The third-order valence-electron chi connectivity index (χ3n) is 12.8. The van der Waals surface area contributed by atoms with Gasteiger partial charge in [0.25, 0.3) is 0 Å². The van der Waals surface area contributed by atoms with Gasteiger partial charge in [0.05, 0.1) is 23.7 Å². The van der Waals surface area contributed by atoms with Gasteiger partial charge in [0.2, 0.25) is 15.9 Å². The summed E-state index contributed by atoms with van der Waals surface area (Å²) in [4.78, 5) is 16.7. The fraction of sp³-hybridized carbons (Fsp3) is 0.392. The van der Waals surface area contributed by atoms with E-state index in [2.05, 4.69) is 72.1 Å². The lowest BCUT2D eigenvalue weighted by Crippen LogP contribution is -2.47. The van der Waals surface area contributed by atoms with Crippen LogP contribution in [0.5, 0.6) is 0 Å². The molecule has 3 fully saturated rings. The highest BCUT2D eigenvalue weighted by atomic mass is 32.2. The summed E-state index contributed by atoms with van der Waals surface area (Å²) in [6, 6.07) is 39.8. The number of hydrogen-bond donors (Lipinski definition) is 3. The fourth-order valence-electron chi connectivity index (χ4n) is 10.2. The zero-order valence-corrected chi connectivity index (χ0v) is 36.5. The van der Waals surface area contributed by atoms with Gasteiger partial charge in [-0.2, -0.15) is 4.72 Å². The Kier molecular flexibility index (Phi) is 12.7. The molecule has 320 valence electrons. The van der Waals surface area contributed by atoms with E-state index >= 15 is 0 Å². The number of carbonyl (C=O) groups excluding carboxylic acids is 1. The van der Waals surface area contributed by atoms with Crippen LogP contribution < -0.4 is 10.0 Å². The molecule has 2 aliphatic heterocycles. The summed E-state index contributed by atoms with van der Waals surface area (Å²) >= 11 is 0. The SMILES string of the molecule is Cc1ccc(S(=O)(=O)NC(Cc2ccccc2)C(=O)NCc2ccccc2-c2ccc(C3OC(CN4CC5(C)CC4CC(C)(C)C5)CC(c4ccc(CO)cc4)O3)cc2)cc1. The summed E-state index contributed by atoms with van der Waals surface area (Å²) < 4.78 is 43.2. The number of carbonyl (C=O) groups is 1. The highest BCUT2D eigenvalue weighted by Crippen LogP contribution is 2.53. The minimum atomic E-state index is -3.97. The average molecular weight is 842 g/mol. The number of aliphatic hydroxyl groups is 1. The standard InChI is InChI=1S/C51H59N3O6S/c1-35-14-24-44(25-15-35)61(57,58)53-46(26-36-10-6-5-7-11-36)48(56)52-30-41-12-8-9-13-45(41)38-20-22-40(23-21-38)49-59-43(27-47(60-49)39-18-16-37(32-55)17-19-39)31-54-34-51(4)29-42(54)28-50(2,3)33-51/h5-25,42-43,46-47,49,53,55H,26-34H2,1-4H3,(H,52,56). The quantitative estimate of drug-likeness (QED) is 0.102. The number of benzene rings is 5. The van der Waals surface area contributed by atoms with Gasteiger partial charge in [-0.25, -0.2) is 8.42 Å². The highest BCUT2D eigenvalue weighted by molar-refractivity contribution is 7.89. The zero-order chi connectivity index (χ0) is 42.8. The van der Waals surface area contributed by atoms with Crippen molar-refractivity contribution in [2.75, 3.05) is 13.1 Å². The molecule has 9 nitrogen and oxygen atoms in total. The van der Waals surface area contributed by atoms with Gasteiger partial charge in [0.15, 0.2) is 6.29 Å². The molecule has 5 aromatic carbocycles. The molecule has 0 spiro atoms. The number of fused-ring (bicyclic) bond motifs is 2. The van der Waals surface area contributed by atoms with Crippen LogP contribution >= 0.6 is 0 Å². The number of nitrogens with zero attached hydrogens (tertiary/aromatic N) is 1. The third kappa shape index (κ3) is 10.3. The van der Waals surface area contributed by atoms with Crippen molar-refractivity contribution >= 4 is 15.9 Å². The molecule has 0 radical (unpaired) electrons. The van der Waals surface area contributed by atoms with Crippen LogP contribution in [0.15, 0.2) is 132 Å². The van der Waals surface area contributed by atoms with E-state index < -0.39 is 28.3 Å². The van der Waals surface area contributed by atoms with E-state index in [1.807, 2.05) is 73.7 Å². The summed E-state index contributed by atoms with van der Waals surface area (Å²) in [5.41, 5.74) is 8.14. The van der Waals surface area contributed by atoms with Crippen molar-refractivity contribution in [2.45, 2.75) is 108 Å². The Bertz CT molecular complexity index is 2390. The van der Waals surface area contributed by atoms with Crippen LogP contribution in [-0.4, -0.2) is 55.6 Å². The van der Waals surface area contributed by atoms with Gasteiger partial charge in [-0.3, -0.25) is 9.69 Å². The number of sulfonamides is 1. The summed E-state index contributed by atoms with van der Waals surface area (Å²) in [7, 11) is -3.97. The first-order valence-electron chi connectivity index (χ1n) is 21.6. The predicted octanol–water partition coefficient (Wildman–Crippen LogP) is 8.81. The number of rotatable bonds is 14. The maximum absolute atomic E-state index is 13.9. The maximum atomic E-state index is 13.9. The van der Waals surface area contributed by atoms with E-state index in [0.29, 0.717) is 16.9 Å². The first kappa shape index (κ1) is 43.0. The van der Waals surface area contributed by atoms with Gasteiger partial charge in [0, 0.05) is 37.7 Å². The number of aryl methyl sites for hydroxylation is 1. The smallest absolute Gasteiger partial charge is 0.241 e. The van der Waals surface area contributed by atoms with E-state index in [1.54, 1.807) is 24.3 Å². The normalized spacial score (nSPS) is 24.3. The number of nitrogens with one attached hydrogen (secondary N) is 2. The molecule has 10 heteroatoms. The summed E-state index contributed by atoms with van der Waals surface area (Å²) in [6.07, 6.45) is 3.87. The Morgan fingerprint density at radius 1 is 0.820 bits per heavy atom. The van der Waals surface area contributed by atoms with E-state index in [1.165, 1.54) is 19.3 Å². The first-order valence-corrected chi connectivity index (χ1v) is 23.1. The van der Waals surface area contributed by atoms with Crippen LogP contribution in [0, 0.1) is 17.8 Å². The molecular weight excluding hydrogens is 783 g/mol. The molecule has 3 aliphatic rings. The Morgan fingerprint density at radius 2 is 1.51 bits per heavy atom. The molecule has 2 bridgehead atoms. The number of hydrogen-bond acceptors (Lipinski definition) is 7. The Hall–Kier alpha value is -4.68. The van der Waals surface area contributed by atoms with E-state index in [9.17, 15) is 18.3 Å². The summed E-state index contributed by atoms with van der Waals surface area (Å²) in [5.74, 6) is -0.415. The van der Waals surface area contributed by atoms with Crippen LogP contribution in [-0.2, 0) is 43.9 Å². The van der Waals surface area contributed by atoms with Gasteiger partial charge < -0.3 is 19.9 Å². The topological polar surface area (TPSA) is 117 Å². The number of ether oxygens (including phenoxy) is 2. The van der Waals surface area contributed by atoms with Crippen molar-refractivity contribution in [3.05, 3.63) is 161 Å². The molecule has 1 saturated carbocycles. The van der Waals surface area contributed by atoms with Gasteiger partial charge >= 0.3 is 0 Å². The van der Waals surface area contributed by atoms with E-state index in [0.717, 1.165) is 64.0 Å². The minimum Gasteiger partial charge on any atom is -0.392 e. The summed E-state index contributed by atoms with van der Waals surface area (Å²) in [5, 5.41) is 12.7. The van der Waals surface area contributed by atoms with E-state index in [-0.39, 0.29) is 36.7 Å². The predicted molar refractivity (Wildman–Crippen MR) is 239 cm³/mol. The molecule has 61 heavy (non-hydrogen) atoms. The van der Waals surface area contributed by atoms with Crippen LogP contribution in [0.1, 0.15) is 92.2 Å². The molecule has 8 rings (SSSR count). The van der Waals surface area contributed by atoms with Gasteiger partial charge in [-0.1, -0.05) is 142 Å². The molecule has 3 N–H and O–H groups in total. The van der Waals surface area contributed by atoms with Crippen molar-refractivity contribution in [2.24, 2.45) is 10.8 Å². The molecule has 2 heterocycles. The average Bonchev–Trinajstić information content (AvgIpc) is 3.49. The molecule has 2 saturated heterocycles. The molecule has 5 aromatic rings. The van der Waals surface area contributed by atoms with Crippen LogP contribution in [0.25, 0.3) is 11.1 Å². The van der Waals surface area contributed by atoms with Crippen molar-refractivity contribution in [3.8, 4) is 11.1 Å². The van der Waals surface area contributed by atoms with Crippen molar-refractivity contribution in [1.82, 2.24) is 14.9 Å². The molecule has 0 aromatic heterocycles. The Morgan fingerprint density at radius 3 is 2.23 bits per heavy atom.